The first-order chi connectivity index (χ1) is 12.4. The van der Waals surface area contributed by atoms with E-state index in [1.807, 2.05) is 18.2 Å². The van der Waals surface area contributed by atoms with Gasteiger partial charge in [0.15, 0.2) is 0 Å². The number of carbonyl (C=O) groups is 1. The SMILES string of the molecule is CC(CCNC(=O)c1ccc2c(c1)CCN2S(C)(=O)=O)c1ccccc1. The van der Waals surface area contributed by atoms with Gasteiger partial charge in [-0.3, -0.25) is 9.10 Å². The van der Waals surface area contributed by atoms with Gasteiger partial charge in [-0.2, -0.15) is 0 Å². The summed E-state index contributed by atoms with van der Waals surface area (Å²) < 4.78 is 25.0. The normalized spacial score (nSPS) is 14.8. The Morgan fingerprint density at radius 2 is 1.92 bits per heavy atom. The fourth-order valence-electron chi connectivity index (χ4n) is 3.31. The maximum Gasteiger partial charge on any atom is 0.251 e. The zero-order valence-electron chi connectivity index (χ0n) is 15.1. The van der Waals surface area contributed by atoms with Crippen LogP contribution in [0.25, 0.3) is 0 Å². The second-order valence-electron chi connectivity index (χ2n) is 6.78. The summed E-state index contributed by atoms with van der Waals surface area (Å²) in [4.78, 5) is 12.4. The number of nitrogens with one attached hydrogen (secondary N) is 1. The van der Waals surface area contributed by atoms with Gasteiger partial charge in [0.05, 0.1) is 11.9 Å². The molecule has 2 aromatic rings. The van der Waals surface area contributed by atoms with Gasteiger partial charge < -0.3 is 5.32 Å². The van der Waals surface area contributed by atoms with Gasteiger partial charge >= 0.3 is 0 Å². The molecule has 0 fully saturated rings. The van der Waals surface area contributed by atoms with E-state index in [-0.39, 0.29) is 5.91 Å². The van der Waals surface area contributed by atoms with Crippen molar-refractivity contribution in [1.29, 1.82) is 0 Å². The molecule has 1 N–H and O–H groups in total. The Labute approximate surface area is 155 Å². The van der Waals surface area contributed by atoms with Crippen LogP contribution in [0.2, 0.25) is 0 Å². The first-order valence-corrected chi connectivity index (χ1v) is 10.6. The standard InChI is InChI=1S/C20H24N2O3S/c1-15(16-6-4-3-5-7-16)10-12-21-20(23)18-8-9-19-17(14-18)11-13-22(19)26(2,24)25/h3-9,14-15H,10-13H2,1-2H3,(H,21,23). The van der Waals surface area contributed by atoms with E-state index >= 15 is 0 Å². The summed E-state index contributed by atoms with van der Waals surface area (Å²) in [5, 5.41) is 2.96. The molecular formula is C20H24N2O3S. The lowest BCUT2D eigenvalue weighted by Gasteiger charge is -2.16. The van der Waals surface area contributed by atoms with Crippen molar-refractivity contribution >= 4 is 21.6 Å². The highest BCUT2D eigenvalue weighted by atomic mass is 32.2. The highest BCUT2D eigenvalue weighted by Crippen LogP contribution is 2.30. The molecule has 0 aromatic heterocycles. The first kappa shape index (κ1) is 18.5. The Kier molecular flexibility index (Phi) is 5.32. The largest absolute Gasteiger partial charge is 0.352 e. The van der Waals surface area contributed by atoms with Crippen LogP contribution >= 0.6 is 0 Å². The topological polar surface area (TPSA) is 66.5 Å². The molecule has 1 atom stereocenters. The van der Waals surface area contributed by atoms with E-state index < -0.39 is 10.0 Å². The number of hydrogen-bond donors (Lipinski definition) is 1. The second-order valence-corrected chi connectivity index (χ2v) is 8.69. The number of hydrogen-bond acceptors (Lipinski definition) is 3. The number of nitrogens with zero attached hydrogens (tertiary/aromatic N) is 1. The van der Waals surface area contributed by atoms with Gasteiger partial charge in [0, 0.05) is 18.7 Å². The molecule has 6 heteroatoms. The molecule has 0 bridgehead atoms. The predicted octanol–water partition coefficient (Wildman–Crippen LogP) is 2.93. The molecule has 3 rings (SSSR count). The Hall–Kier alpha value is -2.34. The zero-order chi connectivity index (χ0) is 18.7. The minimum atomic E-state index is -3.27. The van der Waals surface area contributed by atoms with Crippen molar-refractivity contribution in [3.05, 3.63) is 65.2 Å². The minimum absolute atomic E-state index is 0.120. The fourth-order valence-corrected chi connectivity index (χ4v) is 4.27. The van der Waals surface area contributed by atoms with E-state index in [0.29, 0.717) is 36.7 Å². The lowest BCUT2D eigenvalue weighted by Crippen LogP contribution is -2.27. The van der Waals surface area contributed by atoms with E-state index in [4.69, 9.17) is 0 Å². The minimum Gasteiger partial charge on any atom is -0.352 e. The summed E-state index contributed by atoms with van der Waals surface area (Å²) in [6, 6.07) is 15.5. The third-order valence-corrected chi connectivity index (χ3v) is 6.01. The molecule has 0 radical (unpaired) electrons. The van der Waals surface area contributed by atoms with E-state index in [1.165, 1.54) is 16.1 Å². The van der Waals surface area contributed by atoms with Crippen LogP contribution in [0.3, 0.4) is 0 Å². The highest BCUT2D eigenvalue weighted by Gasteiger charge is 2.26. The van der Waals surface area contributed by atoms with Crippen molar-refractivity contribution in [2.24, 2.45) is 0 Å². The smallest absolute Gasteiger partial charge is 0.251 e. The molecule has 1 amide bonds. The molecule has 1 aliphatic rings. The number of benzene rings is 2. The lowest BCUT2D eigenvalue weighted by molar-refractivity contribution is 0.0952. The van der Waals surface area contributed by atoms with Crippen molar-refractivity contribution in [3.63, 3.8) is 0 Å². The Morgan fingerprint density at radius 3 is 2.62 bits per heavy atom. The molecule has 138 valence electrons. The van der Waals surface area contributed by atoms with Gasteiger partial charge in [-0.05, 0) is 48.1 Å². The summed E-state index contributed by atoms with van der Waals surface area (Å²) in [7, 11) is -3.27. The molecule has 2 aromatic carbocycles. The van der Waals surface area contributed by atoms with Crippen LogP contribution in [0, 0.1) is 0 Å². The van der Waals surface area contributed by atoms with Crippen molar-refractivity contribution in [2.75, 3.05) is 23.7 Å². The Balaban J connectivity index is 1.59. The first-order valence-electron chi connectivity index (χ1n) is 8.80. The van der Waals surface area contributed by atoms with Gasteiger partial charge in [0.25, 0.3) is 5.91 Å². The quantitative estimate of drug-likeness (QED) is 0.848. The second kappa shape index (κ2) is 7.50. The summed E-state index contributed by atoms with van der Waals surface area (Å²) in [5.41, 5.74) is 3.43. The lowest BCUT2D eigenvalue weighted by atomic mass is 9.98. The molecule has 0 saturated carbocycles. The van der Waals surface area contributed by atoms with Crippen LogP contribution in [-0.4, -0.2) is 33.7 Å². The number of amides is 1. The molecule has 5 nitrogen and oxygen atoms in total. The van der Waals surface area contributed by atoms with Gasteiger partial charge in [-0.1, -0.05) is 37.3 Å². The maximum absolute atomic E-state index is 12.4. The average molecular weight is 372 g/mol. The van der Waals surface area contributed by atoms with Crippen LogP contribution in [0.5, 0.6) is 0 Å². The van der Waals surface area contributed by atoms with Gasteiger partial charge in [0.2, 0.25) is 10.0 Å². The van der Waals surface area contributed by atoms with Crippen molar-refractivity contribution in [2.45, 2.75) is 25.7 Å². The van der Waals surface area contributed by atoms with Crippen LogP contribution in [0.15, 0.2) is 48.5 Å². The highest BCUT2D eigenvalue weighted by molar-refractivity contribution is 7.92. The van der Waals surface area contributed by atoms with Crippen molar-refractivity contribution in [1.82, 2.24) is 5.32 Å². The van der Waals surface area contributed by atoms with E-state index in [1.54, 1.807) is 18.2 Å². The molecular weight excluding hydrogens is 348 g/mol. The molecule has 0 saturated heterocycles. The molecule has 1 unspecified atom stereocenters. The number of fused-ring (bicyclic) bond motifs is 1. The Bertz CT molecular complexity index is 895. The zero-order valence-corrected chi connectivity index (χ0v) is 15.9. The average Bonchev–Trinajstić information content (AvgIpc) is 3.05. The third-order valence-electron chi connectivity index (χ3n) is 4.83. The fraction of sp³-hybridized carbons (Fsp3) is 0.350. The molecule has 1 aliphatic heterocycles. The van der Waals surface area contributed by atoms with E-state index in [9.17, 15) is 13.2 Å². The Morgan fingerprint density at radius 1 is 1.19 bits per heavy atom. The number of carbonyl (C=O) groups excluding carboxylic acids is 1. The summed E-state index contributed by atoms with van der Waals surface area (Å²) in [6.45, 7) is 3.19. The van der Waals surface area contributed by atoms with Crippen LogP contribution in [-0.2, 0) is 16.4 Å². The molecule has 0 spiro atoms. The summed E-state index contributed by atoms with van der Waals surface area (Å²) in [5.74, 6) is 0.255. The summed E-state index contributed by atoms with van der Waals surface area (Å²) >= 11 is 0. The number of sulfonamides is 1. The molecule has 0 aliphatic carbocycles. The van der Waals surface area contributed by atoms with Crippen molar-refractivity contribution < 1.29 is 13.2 Å². The molecule has 26 heavy (non-hydrogen) atoms. The van der Waals surface area contributed by atoms with Crippen LogP contribution in [0.1, 0.15) is 40.7 Å². The predicted molar refractivity (Wildman–Crippen MR) is 104 cm³/mol. The van der Waals surface area contributed by atoms with Gasteiger partial charge in [-0.15, -0.1) is 0 Å². The monoisotopic (exact) mass is 372 g/mol. The van der Waals surface area contributed by atoms with Crippen molar-refractivity contribution in [3.8, 4) is 0 Å². The summed E-state index contributed by atoms with van der Waals surface area (Å²) in [6.07, 6.45) is 2.70. The maximum atomic E-state index is 12.4. The van der Waals surface area contributed by atoms with E-state index in [0.717, 1.165) is 12.0 Å². The van der Waals surface area contributed by atoms with Crippen LogP contribution in [0.4, 0.5) is 5.69 Å². The third kappa shape index (κ3) is 4.07. The van der Waals surface area contributed by atoms with Gasteiger partial charge in [-0.25, -0.2) is 8.42 Å². The van der Waals surface area contributed by atoms with Crippen LogP contribution < -0.4 is 9.62 Å². The number of rotatable bonds is 6. The van der Waals surface area contributed by atoms with Gasteiger partial charge in [0.1, 0.15) is 0 Å². The molecule has 1 heterocycles. The number of anilines is 1. The van der Waals surface area contributed by atoms with E-state index in [2.05, 4.69) is 24.4 Å².